The van der Waals surface area contributed by atoms with E-state index in [0.717, 1.165) is 0 Å². The van der Waals surface area contributed by atoms with Crippen LogP contribution in [0.5, 0.6) is 11.8 Å². The van der Waals surface area contributed by atoms with Crippen LogP contribution in [-0.4, -0.2) is 22.1 Å². The lowest BCUT2D eigenvalue weighted by Crippen LogP contribution is -2.08. The monoisotopic (exact) mass is 448 g/mol. The predicted octanol–water partition coefficient (Wildman–Crippen LogP) is 5.46. The zero-order valence-electron chi connectivity index (χ0n) is 15.8. The molecule has 0 aliphatic rings. The average Bonchev–Trinajstić information content (AvgIpc) is 3.17. The van der Waals surface area contributed by atoms with Crippen LogP contribution in [0.25, 0.3) is 22.1 Å². The minimum atomic E-state index is -0.728. The van der Waals surface area contributed by atoms with Gasteiger partial charge in [0.1, 0.15) is 18.2 Å². The van der Waals surface area contributed by atoms with E-state index in [0.29, 0.717) is 27.7 Å². The lowest BCUT2D eigenvalue weighted by Gasteiger charge is -2.18. The fourth-order valence-corrected chi connectivity index (χ4v) is 3.71. The second-order valence-electron chi connectivity index (χ2n) is 6.34. The lowest BCUT2D eigenvalue weighted by molar-refractivity contribution is 0.227. The first-order chi connectivity index (χ1) is 14.4. The maximum Gasteiger partial charge on any atom is 0.316 e. The highest BCUT2D eigenvalue weighted by Gasteiger charge is 2.23. The van der Waals surface area contributed by atoms with E-state index in [1.807, 2.05) is 0 Å². The SMILES string of the molecule is COc1ncc(-c2coc3c(OC(C)c4c(Cl)ccc(F)c4Cl)c(N)ncc23)cn1. The summed E-state index contributed by atoms with van der Waals surface area (Å²) < 4.78 is 30.6. The number of nitrogen functional groups attached to an aromatic ring is 1. The summed E-state index contributed by atoms with van der Waals surface area (Å²) in [4.78, 5) is 12.4. The Balaban J connectivity index is 1.76. The summed E-state index contributed by atoms with van der Waals surface area (Å²) in [6.07, 6.45) is 5.56. The van der Waals surface area contributed by atoms with Crippen LogP contribution in [0.3, 0.4) is 0 Å². The van der Waals surface area contributed by atoms with E-state index in [1.54, 1.807) is 25.5 Å². The molecule has 4 aromatic rings. The number of nitrogens with zero attached hydrogens (tertiary/aromatic N) is 3. The zero-order chi connectivity index (χ0) is 21.4. The fraction of sp³-hybridized carbons (Fsp3) is 0.150. The number of anilines is 1. The minimum Gasteiger partial charge on any atom is -0.478 e. The van der Waals surface area contributed by atoms with Crippen molar-refractivity contribution in [2.24, 2.45) is 0 Å². The van der Waals surface area contributed by atoms with Crippen LogP contribution in [0.1, 0.15) is 18.6 Å². The standard InChI is InChI=1S/C20H15Cl2FN4O3/c1-9(15-13(21)3-4-14(23)16(15)22)30-18-17-11(7-25-19(18)24)12(8-29-17)10-5-26-20(28-2)27-6-10/h3-9H,1-2H3,(H2,24,25). The second-order valence-corrected chi connectivity index (χ2v) is 7.13. The van der Waals surface area contributed by atoms with E-state index >= 15 is 0 Å². The smallest absolute Gasteiger partial charge is 0.316 e. The average molecular weight is 449 g/mol. The molecular weight excluding hydrogens is 434 g/mol. The summed E-state index contributed by atoms with van der Waals surface area (Å²) in [6.45, 7) is 1.67. The third-order valence-corrected chi connectivity index (χ3v) is 5.22. The molecule has 0 amide bonds. The van der Waals surface area contributed by atoms with Crippen LogP contribution >= 0.6 is 23.2 Å². The number of ether oxygens (including phenoxy) is 2. The largest absolute Gasteiger partial charge is 0.478 e. The van der Waals surface area contributed by atoms with E-state index in [9.17, 15) is 4.39 Å². The van der Waals surface area contributed by atoms with Crippen molar-refractivity contribution >= 4 is 40.0 Å². The van der Waals surface area contributed by atoms with Gasteiger partial charge in [0, 0.05) is 40.3 Å². The molecule has 2 N–H and O–H groups in total. The van der Waals surface area contributed by atoms with E-state index in [1.165, 1.54) is 25.5 Å². The molecule has 3 heterocycles. The molecule has 4 rings (SSSR count). The molecule has 0 bridgehead atoms. The van der Waals surface area contributed by atoms with Gasteiger partial charge in [0.05, 0.1) is 17.5 Å². The minimum absolute atomic E-state index is 0.102. The Labute approximate surface area is 180 Å². The summed E-state index contributed by atoms with van der Waals surface area (Å²) in [7, 11) is 1.48. The number of hydrogen-bond donors (Lipinski definition) is 1. The Kier molecular flexibility index (Phi) is 5.36. The van der Waals surface area contributed by atoms with Gasteiger partial charge in [0.2, 0.25) is 5.75 Å². The van der Waals surface area contributed by atoms with Gasteiger partial charge in [-0.3, -0.25) is 0 Å². The van der Waals surface area contributed by atoms with Gasteiger partial charge < -0.3 is 19.6 Å². The van der Waals surface area contributed by atoms with E-state index in [4.69, 9.17) is 42.8 Å². The van der Waals surface area contributed by atoms with Crippen LogP contribution in [0.4, 0.5) is 10.2 Å². The van der Waals surface area contributed by atoms with E-state index in [-0.39, 0.29) is 27.6 Å². The molecule has 0 spiro atoms. The number of furan rings is 1. The van der Waals surface area contributed by atoms with Crippen LogP contribution in [0.2, 0.25) is 10.0 Å². The van der Waals surface area contributed by atoms with Crippen molar-refractivity contribution in [1.82, 2.24) is 15.0 Å². The molecule has 10 heteroatoms. The van der Waals surface area contributed by atoms with Crippen molar-refractivity contribution in [2.45, 2.75) is 13.0 Å². The van der Waals surface area contributed by atoms with E-state index < -0.39 is 11.9 Å². The number of hydrogen-bond acceptors (Lipinski definition) is 7. The summed E-state index contributed by atoms with van der Waals surface area (Å²) >= 11 is 12.3. The highest BCUT2D eigenvalue weighted by molar-refractivity contribution is 6.36. The fourth-order valence-electron chi connectivity index (χ4n) is 3.03. The molecule has 1 atom stereocenters. The van der Waals surface area contributed by atoms with Gasteiger partial charge in [0.25, 0.3) is 0 Å². The highest BCUT2D eigenvalue weighted by atomic mass is 35.5. The predicted molar refractivity (Wildman–Crippen MR) is 111 cm³/mol. The normalized spacial score (nSPS) is 12.2. The molecular formula is C20H15Cl2FN4O3. The van der Waals surface area contributed by atoms with Crippen LogP contribution in [-0.2, 0) is 0 Å². The Morgan fingerprint density at radius 1 is 1.13 bits per heavy atom. The molecule has 1 aromatic carbocycles. The third kappa shape index (κ3) is 3.48. The summed E-state index contributed by atoms with van der Waals surface area (Å²) in [5.41, 5.74) is 8.07. The topological polar surface area (TPSA) is 96.3 Å². The van der Waals surface area contributed by atoms with Gasteiger partial charge in [0.15, 0.2) is 11.4 Å². The number of benzene rings is 1. The second kappa shape index (κ2) is 7.97. The van der Waals surface area contributed by atoms with Crippen molar-refractivity contribution in [3.63, 3.8) is 0 Å². The molecule has 7 nitrogen and oxygen atoms in total. The first-order valence-corrected chi connectivity index (χ1v) is 9.48. The third-order valence-electron chi connectivity index (χ3n) is 4.50. The van der Waals surface area contributed by atoms with Gasteiger partial charge in [-0.05, 0) is 19.1 Å². The molecule has 1 unspecified atom stereocenters. The Morgan fingerprint density at radius 3 is 2.57 bits per heavy atom. The highest BCUT2D eigenvalue weighted by Crippen LogP contribution is 2.41. The molecule has 0 radical (unpaired) electrons. The molecule has 0 aliphatic carbocycles. The molecule has 0 fully saturated rings. The Hall–Kier alpha value is -3.10. The van der Waals surface area contributed by atoms with Gasteiger partial charge in [-0.15, -0.1) is 0 Å². The number of nitrogens with two attached hydrogens (primary N) is 1. The maximum absolute atomic E-state index is 13.9. The first kappa shape index (κ1) is 20.2. The van der Waals surface area contributed by atoms with Crippen molar-refractivity contribution in [3.05, 3.63) is 58.4 Å². The number of aromatic nitrogens is 3. The van der Waals surface area contributed by atoms with Crippen LogP contribution in [0.15, 0.2) is 41.4 Å². The Bertz CT molecular complexity index is 1230. The van der Waals surface area contributed by atoms with Gasteiger partial charge in [-0.1, -0.05) is 23.2 Å². The zero-order valence-corrected chi connectivity index (χ0v) is 17.3. The molecule has 154 valence electrons. The number of halogens is 3. The lowest BCUT2D eigenvalue weighted by atomic mass is 10.1. The number of rotatable bonds is 5. The van der Waals surface area contributed by atoms with Gasteiger partial charge in [-0.25, -0.2) is 19.3 Å². The number of methoxy groups -OCH3 is 1. The molecule has 0 aliphatic heterocycles. The first-order valence-electron chi connectivity index (χ1n) is 8.72. The van der Waals surface area contributed by atoms with Crippen molar-refractivity contribution < 1.29 is 18.3 Å². The molecule has 0 saturated heterocycles. The number of fused-ring (bicyclic) bond motifs is 1. The molecule has 0 saturated carbocycles. The molecule has 30 heavy (non-hydrogen) atoms. The van der Waals surface area contributed by atoms with E-state index in [2.05, 4.69) is 15.0 Å². The summed E-state index contributed by atoms with van der Waals surface area (Å²) in [6, 6.07) is 2.85. The molecule has 3 aromatic heterocycles. The van der Waals surface area contributed by atoms with Crippen molar-refractivity contribution in [2.75, 3.05) is 12.8 Å². The van der Waals surface area contributed by atoms with Crippen LogP contribution in [0, 0.1) is 5.82 Å². The van der Waals surface area contributed by atoms with Crippen molar-refractivity contribution in [3.8, 4) is 22.9 Å². The Morgan fingerprint density at radius 2 is 1.87 bits per heavy atom. The van der Waals surface area contributed by atoms with Crippen molar-refractivity contribution in [1.29, 1.82) is 0 Å². The quantitative estimate of drug-likeness (QED) is 0.404. The van der Waals surface area contributed by atoms with Gasteiger partial charge >= 0.3 is 6.01 Å². The number of pyridine rings is 1. The summed E-state index contributed by atoms with van der Waals surface area (Å²) in [5.74, 6) is -0.308. The maximum atomic E-state index is 13.9. The van der Waals surface area contributed by atoms with Crippen LogP contribution < -0.4 is 15.2 Å². The van der Waals surface area contributed by atoms with Gasteiger partial charge in [-0.2, -0.15) is 0 Å². The summed E-state index contributed by atoms with van der Waals surface area (Å²) in [5, 5.41) is 0.781.